The average molecular weight is 266 g/mol. The largest absolute Gasteiger partial charge is 0.483 e. The molecule has 5 heteroatoms. The Bertz CT molecular complexity index is 431. The van der Waals surface area contributed by atoms with Crippen molar-refractivity contribution in [2.24, 2.45) is 5.73 Å². The first-order valence-corrected chi connectivity index (χ1v) is 6.52. The molecule has 0 amide bonds. The van der Waals surface area contributed by atoms with Crippen molar-refractivity contribution >= 4 is 6.29 Å². The molecule has 1 aromatic carbocycles. The number of aldehydes is 1. The Morgan fingerprint density at radius 3 is 2.79 bits per heavy atom. The average Bonchev–Trinajstić information content (AvgIpc) is 2.41. The van der Waals surface area contributed by atoms with Gasteiger partial charge >= 0.3 is 0 Å². The van der Waals surface area contributed by atoms with Gasteiger partial charge in [-0.25, -0.2) is 4.39 Å². The van der Waals surface area contributed by atoms with Crippen LogP contribution in [0.2, 0.25) is 0 Å². The second-order valence-corrected chi connectivity index (χ2v) is 4.86. The predicted octanol–water partition coefficient (Wildman–Crippen LogP) is 1.33. The molecule has 104 valence electrons. The number of nitrogens with two attached hydrogens (primary N) is 1. The Labute approximate surface area is 112 Å². The summed E-state index contributed by atoms with van der Waals surface area (Å²) < 4.78 is 18.7. The molecule has 1 fully saturated rings. The van der Waals surface area contributed by atoms with E-state index >= 15 is 0 Å². The van der Waals surface area contributed by atoms with Crippen LogP contribution in [0.3, 0.4) is 0 Å². The third-order valence-electron chi connectivity index (χ3n) is 3.34. The van der Waals surface area contributed by atoms with E-state index in [1.165, 1.54) is 6.07 Å². The van der Waals surface area contributed by atoms with Crippen molar-refractivity contribution in [1.29, 1.82) is 0 Å². The maximum atomic E-state index is 13.7. The van der Waals surface area contributed by atoms with Gasteiger partial charge in [0.25, 0.3) is 0 Å². The fourth-order valence-electron chi connectivity index (χ4n) is 2.25. The van der Waals surface area contributed by atoms with Crippen LogP contribution in [-0.4, -0.2) is 36.9 Å². The first-order chi connectivity index (χ1) is 9.19. The van der Waals surface area contributed by atoms with Gasteiger partial charge in [-0.05, 0) is 43.6 Å². The van der Waals surface area contributed by atoms with Crippen molar-refractivity contribution in [1.82, 2.24) is 4.90 Å². The van der Waals surface area contributed by atoms with Gasteiger partial charge in [0.1, 0.15) is 6.61 Å². The molecule has 1 aromatic rings. The Morgan fingerprint density at radius 1 is 1.42 bits per heavy atom. The van der Waals surface area contributed by atoms with Crippen LogP contribution in [0.1, 0.15) is 18.4 Å². The molecule has 0 bridgehead atoms. The minimum absolute atomic E-state index is 0.122. The molecule has 2 rings (SSSR count). The van der Waals surface area contributed by atoms with E-state index in [0.29, 0.717) is 12.3 Å². The van der Waals surface area contributed by atoms with E-state index in [2.05, 4.69) is 4.90 Å². The number of ether oxygens (including phenoxy) is 1. The number of piperidine rings is 1. The zero-order valence-electron chi connectivity index (χ0n) is 10.8. The van der Waals surface area contributed by atoms with E-state index in [-0.39, 0.29) is 12.4 Å². The van der Waals surface area contributed by atoms with E-state index in [9.17, 15) is 9.18 Å². The Kier molecular flexibility index (Phi) is 4.87. The Balaban J connectivity index is 1.94. The summed E-state index contributed by atoms with van der Waals surface area (Å²) in [7, 11) is 0. The third-order valence-corrected chi connectivity index (χ3v) is 3.34. The molecule has 0 aromatic heterocycles. The molecule has 1 saturated heterocycles. The highest BCUT2D eigenvalue weighted by molar-refractivity contribution is 5.51. The van der Waals surface area contributed by atoms with Crippen molar-refractivity contribution in [3.8, 4) is 5.75 Å². The van der Waals surface area contributed by atoms with Crippen LogP contribution in [0.15, 0.2) is 18.2 Å². The number of benzene rings is 1. The molecule has 0 spiro atoms. The molecule has 0 aliphatic carbocycles. The highest BCUT2D eigenvalue weighted by atomic mass is 19.1. The lowest BCUT2D eigenvalue weighted by atomic mass is 10.1. The van der Waals surface area contributed by atoms with Crippen molar-refractivity contribution in [2.45, 2.75) is 25.4 Å². The summed E-state index contributed by atoms with van der Waals surface area (Å²) in [5.74, 6) is -0.301. The molecule has 1 aliphatic rings. The number of rotatable bonds is 5. The van der Waals surface area contributed by atoms with E-state index in [1.807, 2.05) is 6.07 Å². The van der Waals surface area contributed by atoms with Gasteiger partial charge < -0.3 is 10.5 Å². The maximum Gasteiger partial charge on any atom is 0.165 e. The molecule has 19 heavy (non-hydrogen) atoms. The van der Waals surface area contributed by atoms with Crippen molar-refractivity contribution in [2.75, 3.05) is 19.7 Å². The zero-order chi connectivity index (χ0) is 13.7. The molecule has 0 saturated carbocycles. The number of halogens is 1. The van der Waals surface area contributed by atoms with E-state index < -0.39 is 5.82 Å². The lowest BCUT2D eigenvalue weighted by Crippen LogP contribution is -2.39. The predicted molar refractivity (Wildman–Crippen MR) is 70.4 cm³/mol. The first-order valence-electron chi connectivity index (χ1n) is 6.52. The van der Waals surface area contributed by atoms with Crippen LogP contribution in [0.4, 0.5) is 4.39 Å². The smallest absolute Gasteiger partial charge is 0.165 e. The Morgan fingerprint density at radius 2 is 2.16 bits per heavy atom. The highest BCUT2D eigenvalue weighted by Crippen LogP contribution is 2.20. The van der Waals surface area contributed by atoms with Crippen LogP contribution in [0.25, 0.3) is 0 Å². The van der Waals surface area contributed by atoms with Crippen LogP contribution >= 0.6 is 0 Å². The number of carbonyl (C=O) groups is 1. The fraction of sp³-hybridized carbons (Fsp3) is 0.500. The molecule has 1 heterocycles. The Hall–Kier alpha value is -1.46. The second kappa shape index (κ2) is 6.63. The van der Waals surface area contributed by atoms with Gasteiger partial charge in [-0.3, -0.25) is 9.69 Å². The van der Waals surface area contributed by atoms with E-state index in [1.54, 1.807) is 6.07 Å². The molecule has 2 N–H and O–H groups in total. The topological polar surface area (TPSA) is 55.6 Å². The monoisotopic (exact) mass is 266 g/mol. The summed E-state index contributed by atoms with van der Waals surface area (Å²) >= 11 is 0. The maximum absolute atomic E-state index is 13.7. The van der Waals surface area contributed by atoms with Crippen LogP contribution in [-0.2, 0) is 11.3 Å². The van der Waals surface area contributed by atoms with Gasteiger partial charge in [0, 0.05) is 12.6 Å². The van der Waals surface area contributed by atoms with Gasteiger partial charge in [-0.15, -0.1) is 0 Å². The van der Waals surface area contributed by atoms with Gasteiger partial charge in [0.15, 0.2) is 17.9 Å². The van der Waals surface area contributed by atoms with Crippen LogP contribution in [0, 0.1) is 5.82 Å². The summed E-state index contributed by atoms with van der Waals surface area (Å²) in [6.45, 7) is 2.50. The minimum Gasteiger partial charge on any atom is -0.483 e. The van der Waals surface area contributed by atoms with Crippen LogP contribution in [0.5, 0.6) is 5.75 Å². The summed E-state index contributed by atoms with van der Waals surface area (Å²) in [5.41, 5.74) is 6.76. The lowest BCUT2D eigenvalue weighted by molar-refractivity contribution is -0.109. The molecule has 0 atom stereocenters. The zero-order valence-corrected chi connectivity index (χ0v) is 10.8. The first kappa shape index (κ1) is 14.0. The second-order valence-electron chi connectivity index (χ2n) is 4.86. The van der Waals surface area contributed by atoms with Gasteiger partial charge in [0.2, 0.25) is 0 Å². The van der Waals surface area contributed by atoms with Gasteiger partial charge in [-0.2, -0.15) is 0 Å². The lowest BCUT2D eigenvalue weighted by Gasteiger charge is -2.30. The third kappa shape index (κ3) is 4.01. The van der Waals surface area contributed by atoms with Gasteiger partial charge in [0.05, 0.1) is 0 Å². The molecule has 0 unspecified atom stereocenters. The number of likely N-dealkylation sites (tertiary alicyclic amines) is 1. The fourth-order valence-corrected chi connectivity index (χ4v) is 2.25. The molecule has 4 nitrogen and oxygen atoms in total. The summed E-state index contributed by atoms with van der Waals surface area (Å²) in [6, 6.07) is 5.17. The summed E-state index contributed by atoms with van der Waals surface area (Å²) in [6.07, 6.45) is 2.58. The SMILES string of the molecule is NC1CCN(Cc2ccc(OCC=O)c(F)c2)CC1. The van der Waals surface area contributed by atoms with Gasteiger partial charge in [-0.1, -0.05) is 6.07 Å². The van der Waals surface area contributed by atoms with Crippen LogP contribution < -0.4 is 10.5 Å². The van der Waals surface area contributed by atoms with Crippen molar-refractivity contribution < 1.29 is 13.9 Å². The quantitative estimate of drug-likeness (QED) is 0.817. The van der Waals surface area contributed by atoms with Crippen molar-refractivity contribution in [3.05, 3.63) is 29.6 Å². The summed E-state index contributed by atoms with van der Waals surface area (Å²) in [4.78, 5) is 12.4. The molecular formula is C14H19FN2O2. The number of carbonyl (C=O) groups excluding carboxylic acids is 1. The standard InChI is InChI=1S/C14H19FN2O2/c15-13-9-11(1-2-14(13)19-8-7-18)10-17-5-3-12(16)4-6-17/h1-2,7,9,12H,3-6,8,10,16H2. The summed E-state index contributed by atoms with van der Waals surface area (Å²) in [5, 5.41) is 0. The molecule has 1 aliphatic heterocycles. The highest BCUT2D eigenvalue weighted by Gasteiger charge is 2.16. The van der Waals surface area contributed by atoms with E-state index in [0.717, 1.165) is 38.0 Å². The normalized spacial score (nSPS) is 17.4. The number of nitrogens with zero attached hydrogens (tertiary/aromatic N) is 1. The number of hydrogen-bond donors (Lipinski definition) is 1. The van der Waals surface area contributed by atoms with Crippen molar-refractivity contribution in [3.63, 3.8) is 0 Å². The van der Waals surface area contributed by atoms with E-state index in [4.69, 9.17) is 10.5 Å². The number of hydrogen-bond acceptors (Lipinski definition) is 4. The minimum atomic E-state index is -0.423. The molecular weight excluding hydrogens is 247 g/mol. The molecule has 0 radical (unpaired) electrons.